The fraction of sp³-hybridized carbons (Fsp3) is 0.0870. The van der Waals surface area contributed by atoms with E-state index in [1.807, 2.05) is 53.4 Å². The molecule has 0 aliphatic rings. The lowest BCUT2D eigenvalue weighted by Gasteiger charge is -2.11. The van der Waals surface area contributed by atoms with Gasteiger partial charge >= 0.3 is 0 Å². The summed E-state index contributed by atoms with van der Waals surface area (Å²) in [6.45, 7) is 1.96. The molecule has 4 aromatic rings. The number of anilines is 2. The number of aryl methyl sites for hydroxylation is 1. The molecule has 0 saturated heterocycles. The number of carbonyl (C=O) groups excluding carboxylic acids is 2. The minimum atomic E-state index is -0.273. The highest BCUT2D eigenvalue weighted by atomic mass is 32.1. The van der Waals surface area contributed by atoms with Crippen LogP contribution in [0.1, 0.15) is 21.6 Å². The van der Waals surface area contributed by atoms with E-state index in [0.717, 1.165) is 16.1 Å². The van der Waals surface area contributed by atoms with Crippen LogP contribution in [0.2, 0.25) is 0 Å². The Bertz CT molecular complexity index is 1180. The van der Waals surface area contributed by atoms with E-state index in [2.05, 4.69) is 15.6 Å². The zero-order valence-corrected chi connectivity index (χ0v) is 17.8. The molecule has 2 aromatic carbocycles. The van der Waals surface area contributed by atoms with E-state index in [1.54, 1.807) is 35.6 Å². The molecule has 0 spiro atoms. The molecule has 0 bridgehead atoms. The number of thiophene rings is 1. The molecule has 7 heteroatoms. The van der Waals surface area contributed by atoms with Crippen LogP contribution in [0.3, 0.4) is 0 Å². The quantitative estimate of drug-likeness (QED) is 0.415. The molecule has 30 heavy (non-hydrogen) atoms. The minimum Gasteiger partial charge on any atom is -0.325 e. The summed E-state index contributed by atoms with van der Waals surface area (Å²) in [6, 6.07) is 16.6. The Kier molecular flexibility index (Phi) is 6.02. The molecular formula is C23H19N3O2S2. The minimum absolute atomic E-state index is 0.147. The largest absolute Gasteiger partial charge is 0.325 e. The van der Waals surface area contributed by atoms with E-state index in [4.69, 9.17) is 0 Å². The van der Waals surface area contributed by atoms with Crippen molar-refractivity contribution in [2.45, 2.75) is 13.3 Å². The van der Waals surface area contributed by atoms with E-state index in [-0.39, 0.29) is 18.2 Å². The van der Waals surface area contributed by atoms with Crippen molar-refractivity contribution in [3.8, 4) is 10.6 Å². The van der Waals surface area contributed by atoms with Crippen LogP contribution in [0, 0.1) is 6.92 Å². The number of benzene rings is 2. The molecule has 0 fully saturated rings. The van der Waals surface area contributed by atoms with Crippen LogP contribution in [-0.4, -0.2) is 16.8 Å². The predicted octanol–water partition coefficient (Wildman–Crippen LogP) is 5.61. The van der Waals surface area contributed by atoms with E-state index in [0.29, 0.717) is 22.6 Å². The number of para-hydroxylation sites is 1. The number of hydrogen-bond donors (Lipinski definition) is 2. The molecule has 4 rings (SSSR count). The Morgan fingerprint density at radius 1 is 1.00 bits per heavy atom. The molecule has 0 aliphatic carbocycles. The monoisotopic (exact) mass is 433 g/mol. The Balaban J connectivity index is 1.44. The third-order valence-corrected chi connectivity index (χ3v) is 6.01. The van der Waals surface area contributed by atoms with Crippen LogP contribution >= 0.6 is 22.7 Å². The highest BCUT2D eigenvalue weighted by Gasteiger charge is 2.15. The van der Waals surface area contributed by atoms with Crippen molar-refractivity contribution in [3.63, 3.8) is 0 Å². The van der Waals surface area contributed by atoms with Gasteiger partial charge in [-0.3, -0.25) is 9.59 Å². The molecule has 0 atom stereocenters. The summed E-state index contributed by atoms with van der Waals surface area (Å²) in [5.41, 5.74) is 4.42. The van der Waals surface area contributed by atoms with Crippen LogP contribution in [0.5, 0.6) is 0 Å². The SMILES string of the molecule is Cc1cccc(NC(=O)c2ccccc2NC(=O)Cc2csc(-c3ccsc3)n2)c1. The number of thiazole rings is 1. The second-order valence-corrected chi connectivity index (χ2v) is 8.39. The lowest BCUT2D eigenvalue weighted by atomic mass is 10.1. The fourth-order valence-electron chi connectivity index (χ4n) is 2.98. The molecule has 2 heterocycles. The van der Waals surface area contributed by atoms with Crippen LogP contribution in [0.4, 0.5) is 11.4 Å². The van der Waals surface area contributed by atoms with E-state index >= 15 is 0 Å². The number of carbonyl (C=O) groups is 2. The summed E-state index contributed by atoms with van der Waals surface area (Å²) in [4.78, 5) is 29.9. The zero-order chi connectivity index (χ0) is 20.9. The molecule has 0 aliphatic heterocycles. The Labute approximate surface area is 182 Å². The van der Waals surface area contributed by atoms with Crippen LogP contribution in [0.25, 0.3) is 10.6 Å². The molecule has 5 nitrogen and oxygen atoms in total. The van der Waals surface area contributed by atoms with Crippen molar-refractivity contribution < 1.29 is 9.59 Å². The summed E-state index contributed by atoms with van der Waals surface area (Å²) < 4.78 is 0. The van der Waals surface area contributed by atoms with Crippen molar-refractivity contribution in [2.75, 3.05) is 10.6 Å². The highest BCUT2D eigenvalue weighted by Crippen LogP contribution is 2.26. The lowest BCUT2D eigenvalue weighted by molar-refractivity contribution is -0.115. The molecular weight excluding hydrogens is 414 g/mol. The fourth-order valence-corrected chi connectivity index (χ4v) is 4.51. The topological polar surface area (TPSA) is 71.1 Å². The van der Waals surface area contributed by atoms with Crippen LogP contribution < -0.4 is 10.6 Å². The maximum atomic E-state index is 12.7. The van der Waals surface area contributed by atoms with Gasteiger partial charge < -0.3 is 10.6 Å². The first-order chi connectivity index (χ1) is 14.6. The molecule has 150 valence electrons. The first kappa shape index (κ1) is 20.0. The number of amides is 2. The van der Waals surface area contributed by atoms with Gasteiger partial charge in [-0.05, 0) is 48.2 Å². The third kappa shape index (κ3) is 4.82. The van der Waals surface area contributed by atoms with Crippen molar-refractivity contribution in [3.05, 3.63) is 87.6 Å². The van der Waals surface area contributed by atoms with Crippen LogP contribution in [0.15, 0.2) is 70.7 Å². The second-order valence-electron chi connectivity index (χ2n) is 6.75. The van der Waals surface area contributed by atoms with E-state index in [9.17, 15) is 9.59 Å². The third-order valence-electron chi connectivity index (χ3n) is 4.38. The van der Waals surface area contributed by atoms with Crippen molar-refractivity contribution in [2.24, 2.45) is 0 Å². The van der Waals surface area contributed by atoms with Crippen molar-refractivity contribution in [1.29, 1.82) is 0 Å². The summed E-state index contributed by atoms with van der Waals surface area (Å²) in [5.74, 6) is -0.488. The second kappa shape index (κ2) is 9.02. The van der Waals surface area contributed by atoms with E-state index < -0.39 is 0 Å². The standard InChI is InChI=1S/C23H19N3O2S2/c1-15-5-4-6-17(11-15)24-22(28)19-7-2-3-8-20(19)26-21(27)12-18-14-30-23(25-18)16-9-10-29-13-16/h2-11,13-14H,12H2,1H3,(H,24,28)(H,26,27). The zero-order valence-electron chi connectivity index (χ0n) is 16.2. The van der Waals surface area contributed by atoms with Gasteiger partial charge in [0.25, 0.3) is 5.91 Å². The van der Waals surface area contributed by atoms with Crippen molar-refractivity contribution in [1.82, 2.24) is 4.98 Å². The number of nitrogens with one attached hydrogen (secondary N) is 2. The first-order valence-corrected chi connectivity index (χ1v) is 11.1. The summed E-state index contributed by atoms with van der Waals surface area (Å²) in [5, 5.41) is 12.6. The molecule has 0 radical (unpaired) electrons. The first-order valence-electron chi connectivity index (χ1n) is 9.32. The van der Waals surface area contributed by atoms with Gasteiger partial charge in [0.05, 0.1) is 23.4 Å². The molecule has 0 unspecified atom stereocenters. The van der Waals surface area contributed by atoms with Crippen LogP contribution in [-0.2, 0) is 11.2 Å². The van der Waals surface area contributed by atoms with Gasteiger partial charge in [-0.25, -0.2) is 4.98 Å². The van der Waals surface area contributed by atoms with Gasteiger partial charge in [-0.1, -0.05) is 24.3 Å². The van der Waals surface area contributed by atoms with Gasteiger partial charge in [-0.15, -0.1) is 11.3 Å². The smallest absolute Gasteiger partial charge is 0.257 e. The van der Waals surface area contributed by atoms with Crippen molar-refractivity contribution >= 4 is 45.9 Å². The molecule has 0 saturated carbocycles. The average Bonchev–Trinajstić information content (AvgIpc) is 3.40. The van der Waals surface area contributed by atoms with Gasteiger partial charge in [0.15, 0.2) is 0 Å². The van der Waals surface area contributed by atoms with Gasteiger partial charge in [0.1, 0.15) is 5.01 Å². The Morgan fingerprint density at radius 2 is 1.87 bits per heavy atom. The number of hydrogen-bond acceptors (Lipinski definition) is 5. The number of aromatic nitrogens is 1. The summed E-state index contributed by atoms with van der Waals surface area (Å²) in [7, 11) is 0. The molecule has 2 amide bonds. The Hall–Kier alpha value is -3.29. The number of rotatable bonds is 6. The maximum Gasteiger partial charge on any atom is 0.257 e. The van der Waals surface area contributed by atoms with Gasteiger partial charge in [0.2, 0.25) is 5.91 Å². The highest BCUT2D eigenvalue weighted by molar-refractivity contribution is 7.14. The lowest BCUT2D eigenvalue weighted by Crippen LogP contribution is -2.19. The summed E-state index contributed by atoms with van der Waals surface area (Å²) in [6.07, 6.45) is 0.147. The Morgan fingerprint density at radius 3 is 2.67 bits per heavy atom. The molecule has 2 N–H and O–H groups in total. The average molecular weight is 434 g/mol. The van der Waals surface area contributed by atoms with Gasteiger partial charge in [0, 0.05) is 22.0 Å². The molecule has 2 aromatic heterocycles. The number of nitrogens with zero attached hydrogens (tertiary/aromatic N) is 1. The predicted molar refractivity (Wildman–Crippen MR) is 123 cm³/mol. The van der Waals surface area contributed by atoms with E-state index in [1.165, 1.54) is 11.3 Å². The van der Waals surface area contributed by atoms with Gasteiger partial charge in [-0.2, -0.15) is 11.3 Å². The maximum absolute atomic E-state index is 12.7. The summed E-state index contributed by atoms with van der Waals surface area (Å²) >= 11 is 3.13. The normalized spacial score (nSPS) is 10.6.